The summed E-state index contributed by atoms with van der Waals surface area (Å²) < 4.78 is 2.03. The maximum atomic E-state index is 11.6. The van der Waals surface area contributed by atoms with Gasteiger partial charge in [-0.05, 0) is 61.2 Å². The van der Waals surface area contributed by atoms with Crippen LogP contribution in [0.3, 0.4) is 0 Å². The summed E-state index contributed by atoms with van der Waals surface area (Å²) in [7, 11) is 0. The molecule has 0 bridgehead atoms. The van der Waals surface area contributed by atoms with E-state index >= 15 is 0 Å². The zero-order valence-electron chi connectivity index (χ0n) is 17.3. The molecule has 6 heteroatoms. The van der Waals surface area contributed by atoms with Gasteiger partial charge in [-0.1, -0.05) is 37.3 Å². The lowest BCUT2D eigenvalue weighted by Gasteiger charge is -2.24. The number of hydrogen-bond acceptors (Lipinski definition) is 4. The van der Waals surface area contributed by atoms with Crippen LogP contribution in [0, 0.1) is 0 Å². The third-order valence-corrected chi connectivity index (χ3v) is 5.49. The first-order valence-corrected chi connectivity index (χ1v) is 10.5. The third-order valence-electron chi connectivity index (χ3n) is 5.49. The number of amides is 1. The number of benzene rings is 2. The second kappa shape index (κ2) is 9.15. The van der Waals surface area contributed by atoms with Gasteiger partial charge in [-0.15, -0.1) is 0 Å². The van der Waals surface area contributed by atoms with Gasteiger partial charge in [0.25, 0.3) is 5.91 Å². The van der Waals surface area contributed by atoms with E-state index in [-0.39, 0.29) is 5.91 Å². The predicted octanol–water partition coefficient (Wildman–Crippen LogP) is 4.28. The molecule has 0 aliphatic carbocycles. The maximum absolute atomic E-state index is 11.6. The predicted molar refractivity (Wildman–Crippen MR) is 121 cm³/mol. The minimum Gasteiger partial charge on any atom is -0.313 e. The first-order chi connectivity index (χ1) is 14.7. The Morgan fingerprint density at radius 2 is 2.00 bits per heavy atom. The summed E-state index contributed by atoms with van der Waals surface area (Å²) in [4.78, 5) is 11.6. The van der Waals surface area contributed by atoms with Gasteiger partial charge in [0, 0.05) is 24.5 Å². The van der Waals surface area contributed by atoms with Crippen LogP contribution in [0.4, 0.5) is 11.4 Å². The van der Waals surface area contributed by atoms with Crippen molar-refractivity contribution in [1.82, 2.24) is 9.99 Å². The van der Waals surface area contributed by atoms with Gasteiger partial charge in [-0.2, -0.15) is 5.06 Å². The van der Waals surface area contributed by atoms with E-state index in [1.165, 1.54) is 17.4 Å². The van der Waals surface area contributed by atoms with Crippen molar-refractivity contribution in [3.63, 3.8) is 0 Å². The summed E-state index contributed by atoms with van der Waals surface area (Å²) in [5.74, 6) is -0.257. The fraction of sp³-hybridized carbons (Fsp3) is 0.292. The number of rotatable bonds is 3. The van der Waals surface area contributed by atoms with Gasteiger partial charge in [0.1, 0.15) is 0 Å². The molecular formula is C24H28N4O2. The highest BCUT2D eigenvalue weighted by Crippen LogP contribution is 2.30. The Morgan fingerprint density at radius 1 is 1.13 bits per heavy atom. The van der Waals surface area contributed by atoms with E-state index in [0.29, 0.717) is 18.5 Å². The fourth-order valence-corrected chi connectivity index (χ4v) is 3.88. The minimum absolute atomic E-state index is 0.257. The summed E-state index contributed by atoms with van der Waals surface area (Å²) in [6.45, 7) is 4.38. The van der Waals surface area contributed by atoms with E-state index in [2.05, 4.69) is 54.2 Å². The number of aromatic nitrogens is 1. The van der Waals surface area contributed by atoms with Crippen molar-refractivity contribution in [3.8, 4) is 0 Å². The normalized spacial score (nSPS) is 15.5. The molecule has 0 saturated carbocycles. The number of nitrogens with one attached hydrogen (secondary N) is 2. The van der Waals surface area contributed by atoms with Gasteiger partial charge in [0.2, 0.25) is 0 Å². The maximum Gasteiger partial charge on any atom is 0.251 e. The molecule has 6 nitrogen and oxygen atoms in total. The van der Waals surface area contributed by atoms with Gasteiger partial charge >= 0.3 is 0 Å². The summed E-state index contributed by atoms with van der Waals surface area (Å²) in [5, 5.41) is 15.0. The highest BCUT2D eigenvalue weighted by Gasteiger charge is 2.22. The Kier molecular flexibility index (Phi) is 6.16. The van der Waals surface area contributed by atoms with Crippen LogP contribution in [0.5, 0.6) is 0 Å². The molecule has 2 aromatic carbocycles. The molecule has 0 fully saturated rings. The van der Waals surface area contributed by atoms with Crippen LogP contribution in [0.25, 0.3) is 10.9 Å². The summed E-state index contributed by atoms with van der Waals surface area (Å²) in [6.07, 6.45) is 9.64. The number of hydrogen-bond donors (Lipinski definition) is 3. The Balaban J connectivity index is 0.000000313. The van der Waals surface area contributed by atoms with Crippen LogP contribution >= 0.6 is 0 Å². The molecule has 0 radical (unpaired) electrons. The number of aryl methyl sites for hydroxylation is 2. The molecule has 3 N–H and O–H groups in total. The highest BCUT2D eigenvalue weighted by molar-refractivity contribution is 5.94. The fourth-order valence-electron chi connectivity index (χ4n) is 3.88. The lowest BCUT2D eigenvalue weighted by atomic mass is 10.0. The topological polar surface area (TPSA) is 69.5 Å². The number of nitrogens with zero attached hydrogens (tertiary/aromatic N) is 2. The van der Waals surface area contributed by atoms with Crippen molar-refractivity contribution in [2.45, 2.75) is 32.6 Å². The van der Waals surface area contributed by atoms with E-state index < -0.39 is 0 Å². The van der Waals surface area contributed by atoms with E-state index in [1.807, 2.05) is 22.9 Å². The molecule has 156 valence electrons. The van der Waals surface area contributed by atoms with Gasteiger partial charge in [-0.25, -0.2) is 0 Å². The van der Waals surface area contributed by atoms with Crippen molar-refractivity contribution >= 4 is 28.2 Å². The third kappa shape index (κ3) is 4.25. The average Bonchev–Trinajstić information content (AvgIpc) is 3.16. The quantitative estimate of drug-likeness (QED) is 0.450. The molecule has 2 aliphatic heterocycles. The first kappa shape index (κ1) is 20.2. The van der Waals surface area contributed by atoms with Crippen LogP contribution in [-0.4, -0.2) is 28.9 Å². The second-order valence-electron chi connectivity index (χ2n) is 7.52. The molecule has 0 spiro atoms. The van der Waals surface area contributed by atoms with Crippen molar-refractivity contribution in [2.24, 2.45) is 0 Å². The molecule has 0 unspecified atom stereocenters. The molecule has 2 aliphatic rings. The average molecular weight is 405 g/mol. The van der Waals surface area contributed by atoms with Gasteiger partial charge in [0.15, 0.2) is 0 Å². The van der Waals surface area contributed by atoms with Crippen molar-refractivity contribution in [2.75, 3.05) is 23.6 Å². The summed E-state index contributed by atoms with van der Waals surface area (Å²) >= 11 is 0. The smallest absolute Gasteiger partial charge is 0.251 e. The number of carbonyl (C=O) groups excluding carboxylic acids is 1. The molecule has 1 aromatic heterocycles. The van der Waals surface area contributed by atoms with Gasteiger partial charge in [0.05, 0.1) is 16.9 Å². The second-order valence-corrected chi connectivity index (χ2v) is 7.52. The molecular weight excluding hydrogens is 376 g/mol. The van der Waals surface area contributed by atoms with Crippen LogP contribution in [0.2, 0.25) is 0 Å². The molecule has 0 atom stereocenters. The van der Waals surface area contributed by atoms with Crippen molar-refractivity contribution in [1.29, 1.82) is 0 Å². The van der Waals surface area contributed by atoms with E-state index in [1.54, 1.807) is 6.07 Å². The van der Waals surface area contributed by atoms with Crippen LogP contribution in [0.1, 0.15) is 30.9 Å². The molecule has 30 heavy (non-hydrogen) atoms. The molecule has 1 amide bonds. The van der Waals surface area contributed by atoms with Gasteiger partial charge < -0.3 is 5.32 Å². The Labute approximate surface area is 176 Å². The summed E-state index contributed by atoms with van der Waals surface area (Å²) in [5.41, 5.74) is 8.30. The van der Waals surface area contributed by atoms with E-state index in [0.717, 1.165) is 41.3 Å². The largest absolute Gasteiger partial charge is 0.313 e. The molecule has 5 rings (SSSR count). The van der Waals surface area contributed by atoms with Gasteiger partial charge in [-0.3, -0.25) is 20.1 Å². The monoisotopic (exact) mass is 404 g/mol. The zero-order valence-corrected chi connectivity index (χ0v) is 17.3. The number of carbonyl (C=O) groups is 1. The SMILES string of the molecule is C1=CCNCC1.CCc1cn(Nc2ccc3c(c2)CCC(=O)N3O)c2ccccc12. The Morgan fingerprint density at radius 3 is 2.70 bits per heavy atom. The number of hydroxylamine groups is 1. The molecule has 3 aromatic rings. The van der Waals surface area contributed by atoms with Crippen LogP contribution in [-0.2, 0) is 17.6 Å². The number of fused-ring (bicyclic) bond motifs is 2. The Bertz CT molecular complexity index is 1060. The van der Waals surface area contributed by atoms with Crippen LogP contribution < -0.4 is 15.8 Å². The molecule has 3 heterocycles. The lowest BCUT2D eigenvalue weighted by Crippen LogP contribution is -2.31. The number of para-hydroxylation sites is 1. The minimum atomic E-state index is -0.257. The van der Waals surface area contributed by atoms with Crippen molar-refractivity contribution < 1.29 is 10.0 Å². The lowest BCUT2D eigenvalue weighted by molar-refractivity contribution is -0.124. The zero-order chi connectivity index (χ0) is 20.9. The van der Waals surface area contributed by atoms with Crippen molar-refractivity contribution in [3.05, 3.63) is 71.9 Å². The van der Waals surface area contributed by atoms with E-state index in [4.69, 9.17) is 0 Å². The first-order valence-electron chi connectivity index (χ1n) is 10.5. The molecule has 0 saturated heterocycles. The summed E-state index contributed by atoms with van der Waals surface area (Å²) in [6, 6.07) is 14.0. The highest BCUT2D eigenvalue weighted by atomic mass is 16.5. The Hall–Kier alpha value is -3.09. The van der Waals surface area contributed by atoms with Crippen LogP contribution in [0.15, 0.2) is 60.8 Å². The standard InChI is InChI=1S/C19H19N3O2.C5H9N/c1-2-13-12-21(18-6-4-3-5-16(13)18)20-15-8-9-17-14(11-15)7-10-19(23)22(17)24;1-2-4-6-5-3-1/h3-6,8-9,11-12,20,24H,2,7,10H2,1H3;1-2,6H,3-5H2. The number of anilines is 2. The van der Waals surface area contributed by atoms with E-state index in [9.17, 15) is 10.0 Å².